The average molecular weight is 189 g/mol. The number of aliphatic hydroxyl groups excluding tert-OH is 1. The number of allylic oxidation sites excluding steroid dienone is 2. The lowest BCUT2D eigenvalue weighted by Crippen LogP contribution is -2.37. The van der Waals surface area contributed by atoms with Crippen molar-refractivity contribution in [2.24, 2.45) is 0 Å². The summed E-state index contributed by atoms with van der Waals surface area (Å²) in [6.07, 6.45) is 7.49. The maximum Gasteiger partial charge on any atom is 0.146 e. The number of hydrogen-bond acceptors (Lipinski definition) is 4. The van der Waals surface area contributed by atoms with Gasteiger partial charge in [-0.3, -0.25) is 0 Å². The highest BCUT2D eigenvalue weighted by atomic mass is 32.2. The zero-order chi connectivity index (χ0) is 8.32. The molecule has 0 bridgehead atoms. The molecule has 4 heteroatoms. The number of rotatable bonds is 2. The smallest absolute Gasteiger partial charge is 0.146 e. The maximum absolute atomic E-state index is 8.68. The molecule has 0 aliphatic carbocycles. The summed E-state index contributed by atoms with van der Waals surface area (Å²) < 4.78 is -0.558. The Balaban J connectivity index is 2.64. The molecule has 11 heavy (non-hydrogen) atoms. The van der Waals surface area contributed by atoms with Gasteiger partial charge in [-0.05, 0) is 12.2 Å². The molecule has 0 amide bonds. The van der Waals surface area contributed by atoms with Gasteiger partial charge in [0.15, 0.2) is 0 Å². The van der Waals surface area contributed by atoms with Crippen LogP contribution in [0.25, 0.3) is 0 Å². The monoisotopic (exact) mass is 189 g/mol. The Morgan fingerprint density at radius 2 is 2.09 bits per heavy atom. The lowest BCUT2D eigenvalue weighted by Gasteiger charge is -2.34. The van der Waals surface area contributed by atoms with Gasteiger partial charge in [0.2, 0.25) is 0 Å². The van der Waals surface area contributed by atoms with E-state index in [0.717, 1.165) is 0 Å². The third kappa shape index (κ3) is 2.18. The van der Waals surface area contributed by atoms with Gasteiger partial charge in [-0.2, -0.15) is 0 Å². The van der Waals surface area contributed by atoms with E-state index in [1.807, 2.05) is 29.3 Å². The van der Waals surface area contributed by atoms with E-state index in [0.29, 0.717) is 6.54 Å². The molecule has 62 valence electrons. The van der Waals surface area contributed by atoms with Gasteiger partial charge in [-0.1, -0.05) is 6.08 Å². The predicted octanol–water partition coefficient (Wildman–Crippen LogP) is 0.878. The van der Waals surface area contributed by atoms with Crippen LogP contribution in [0.15, 0.2) is 24.4 Å². The molecule has 0 saturated carbocycles. The Hall–Kier alpha value is -0.0600. The Morgan fingerprint density at radius 3 is 2.64 bits per heavy atom. The number of β-amino-alcohol motifs (C(OH)–C–C–N with tert-alkyl or cyclic N) is 1. The van der Waals surface area contributed by atoms with E-state index < -0.39 is 4.20 Å². The quantitative estimate of drug-likeness (QED) is 0.443. The molecule has 2 nitrogen and oxygen atoms in total. The molecule has 1 rings (SSSR count). The molecule has 1 N–H and O–H groups in total. The van der Waals surface area contributed by atoms with Crippen LogP contribution in [0.2, 0.25) is 0 Å². The number of aliphatic hydroxyl groups is 1. The summed E-state index contributed by atoms with van der Waals surface area (Å²) in [5.74, 6) is 0. The number of hydrogen-bond donors (Lipinski definition) is 3. The van der Waals surface area contributed by atoms with E-state index in [2.05, 4.69) is 25.3 Å². The first-order chi connectivity index (χ1) is 5.17. The first-order valence-electron chi connectivity index (χ1n) is 3.35. The zero-order valence-corrected chi connectivity index (χ0v) is 7.80. The maximum atomic E-state index is 8.68. The molecule has 1 heterocycles. The minimum atomic E-state index is -0.558. The van der Waals surface area contributed by atoms with Crippen molar-refractivity contribution in [1.29, 1.82) is 0 Å². The first-order valence-corrected chi connectivity index (χ1v) is 4.24. The molecule has 0 fully saturated rings. The Labute approximate surface area is 77.4 Å². The molecule has 0 aromatic rings. The fourth-order valence-corrected chi connectivity index (χ4v) is 1.40. The van der Waals surface area contributed by atoms with Crippen molar-refractivity contribution < 1.29 is 5.11 Å². The van der Waals surface area contributed by atoms with Crippen LogP contribution in [0.3, 0.4) is 0 Å². The Kier molecular flexibility index (Phi) is 2.92. The van der Waals surface area contributed by atoms with Crippen LogP contribution in [0, 0.1) is 0 Å². The van der Waals surface area contributed by atoms with E-state index in [1.54, 1.807) is 0 Å². The average Bonchev–Trinajstić information content (AvgIpc) is 1.94. The normalized spacial score (nSPS) is 20.8. The summed E-state index contributed by atoms with van der Waals surface area (Å²) in [4.78, 5) is 1.85. The number of nitrogens with zero attached hydrogens (tertiary/aromatic N) is 1. The molecule has 0 unspecified atom stereocenters. The summed E-state index contributed by atoms with van der Waals surface area (Å²) in [6.45, 7) is 0.662. The largest absolute Gasteiger partial charge is 0.395 e. The molecule has 0 saturated heterocycles. The van der Waals surface area contributed by atoms with Gasteiger partial charge in [0.05, 0.1) is 6.61 Å². The van der Waals surface area contributed by atoms with Crippen LogP contribution in [0.5, 0.6) is 0 Å². The molecule has 1 aliphatic rings. The van der Waals surface area contributed by atoms with E-state index in [4.69, 9.17) is 5.11 Å². The third-order valence-electron chi connectivity index (χ3n) is 1.46. The molecule has 1 aliphatic heterocycles. The van der Waals surface area contributed by atoms with E-state index in [9.17, 15) is 0 Å². The van der Waals surface area contributed by atoms with Crippen molar-refractivity contribution in [2.75, 3.05) is 13.2 Å². The van der Waals surface area contributed by atoms with Crippen LogP contribution < -0.4 is 0 Å². The standard InChI is InChI=1S/C7H11NOS2/c9-6-5-8-4-2-1-3-7(8,10)11/h1-4,9-11H,5-6H2. The fraction of sp³-hybridized carbons (Fsp3) is 0.429. The Bertz CT molecular complexity index is 189. The van der Waals surface area contributed by atoms with Crippen molar-refractivity contribution in [2.45, 2.75) is 4.20 Å². The summed E-state index contributed by atoms with van der Waals surface area (Å²) in [7, 11) is 0. The second-order valence-electron chi connectivity index (χ2n) is 2.30. The lowest BCUT2D eigenvalue weighted by molar-refractivity contribution is 0.232. The van der Waals surface area contributed by atoms with Crippen molar-refractivity contribution in [3.63, 3.8) is 0 Å². The third-order valence-corrected chi connectivity index (χ3v) is 2.27. The second-order valence-corrected chi connectivity index (χ2v) is 4.02. The topological polar surface area (TPSA) is 23.5 Å². The van der Waals surface area contributed by atoms with Crippen LogP contribution in [0.4, 0.5) is 0 Å². The van der Waals surface area contributed by atoms with E-state index in [1.165, 1.54) is 0 Å². The molecule has 0 spiro atoms. The van der Waals surface area contributed by atoms with Gasteiger partial charge < -0.3 is 10.0 Å². The van der Waals surface area contributed by atoms with E-state index in [-0.39, 0.29) is 6.61 Å². The van der Waals surface area contributed by atoms with Crippen molar-refractivity contribution >= 4 is 25.3 Å². The molecule has 0 aromatic heterocycles. The molecular formula is C7H11NOS2. The molecule has 0 radical (unpaired) electrons. The predicted molar refractivity (Wildman–Crippen MR) is 52.8 cm³/mol. The lowest BCUT2D eigenvalue weighted by atomic mass is 10.3. The van der Waals surface area contributed by atoms with Crippen LogP contribution in [-0.2, 0) is 0 Å². The summed E-state index contributed by atoms with van der Waals surface area (Å²) in [5.41, 5.74) is 0. The molecule has 0 aromatic carbocycles. The SMILES string of the molecule is OCCN1C=CC=CC1(S)S. The Morgan fingerprint density at radius 1 is 1.36 bits per heavy atom. The van der Waals surface area contributed by atoms with Gasteiger partial charge in [0.1, 0.15) is 4.20 Å². The molecule has 0 atom stereocenters. The summed E-state index contributed by atoms with van der Waals surface area (Å²) in [6, 6.07) is 0. The van der Waals surface area contributed by atoms with Crippen molar-refractivity contribution in [1.82, 2.24) is 4.90 Å². The highest BCUT2D eigenvalue weighted by Gasteiger charge is 2.23. The minimum Gasteiger partial charge on any atom is -0.395 e. The second kappa shape index (κ2) is 3.56. The summed E-state index contributed by atoms with van der Waals surface area (Å²) >= 11 is 8.58. The highest BCUT2D eigenvalue weighted by Crippen LogP contribution is 2.28. The summed E-state index contributed by atoms with van der Waals surface area (Å²) in [5, 5.41) is 8.68. The zero-order valence-electron chi connectivity index (χ0n) is 6.01. The number of thiol groups is 2. The van der Waals surface area contributed by atoms with Gasteiger partial charge in [-0.25, -0.2) is 0 Å². The van der Waals surface area contributed by atoms with Crippen LogP contribution in [-0.4, -0.2) is 27.4 Å². The van der Waals surface area contributed by atoms with Gasteiger partial charge in [0, 0.05) is 12.7 Å². The van der Waals surface area contributed by atoms with Gasteiger partial charge in [-0.15, -0.1) is 25.3 Å². The van der Waals surface area contributed by atoms with Gasteiger partial charge >= 0.3 is 0 Å². The van der Waals surface area contributed by atoms with Gasteiger partial charge in [0.25, 0.3) is 0 Å². The van der Waals surface area contributed by atoms with Crippen molar-refractivity contribution in [3.8, 4) is 0 Å². The molecular weight excluding hydrogens is 178 g/mol. The van der Waals surface area contributed by atoms with Crippen molar-refractivity contribution in [3.05, 3.63) is 24.4 Å². The van der Waals surface area contributed by atoms with E-state index >= 15 is 0 Å². The highest BCUT2D eigenvalue weighted by molar-refractivity contribution is 8.00. The fourth-order valence-electron chi connectivity index (χ4n) is 0.890. The minimum absolute atomic E-state index is 0.112. The van der Waals surface area contributed by atoms with Crippen LogP contribution in [0.1, 0.15) is 0 Å². The first kappa shape index (κ1) is 9.03. The van der Waals surface area contributed by atoms with Crippen LogP contribution >= 0.6 is 25.3 Å².